The van der Waals surface area contributed by atoms with E-state index in [9.17, 15) is 0 Å². The van der Waals surface area contributed by atoms with Gasteiger partial charge in [-0.1, -0.05) is 23.2 Å². The van der Waals surface area contributed by atoms with Gasteiger partial charge in [-0.2, -0.15) is 0 Å². The van der Waals surface area contributed by atoms with Crippen LogP contribution < -0.4 is 0 Å². The van der Waals surface area contributed by atoms with Gasteiger partial charge in [0.05, 0.1) is 10.8 Å². The summed E-state index contributed by atoms with van der Waals surface area (Å²) in [4.78, 5) is 4.24. The second kappa shape index (κ2) is 5.39. The molecule has 0 N–H and O–H groups in total. The second-order valence-corrected chi connectivity index (χ2v) is 4.29. The van der Waals surface area contributed by atoms with E-state index in [4.69, 9.17) is 29.8 Å². The molecule has 0 aliphatic heterocycles. The van der Waals surface area contributed by atoms with E-state index in [0.29, 0.717) is 16.6 Å². The van der Waals surface area contributed by atoms with Crippen LogP contribution in [0.1, 0.15) is 0 Å². The van der Waals surface area contributed by atoms with Gasteiger partial charge in [0.25, 0.3) is 0 Å². The fourth-order valence-electron chi connectivity index (χ4n) is 0.794. The Morgan fingerprint density at radius 2 is 2.15 bits per heavy atom. The van der Waals surface area contributed by atoms with E-state index in [0.717, 1.165) is 10.6 Å². The van der Waals surface area contributed by atoms with Gasteiger partial charge in [0.2, 0.25) is 6.54 Å². The maximum Gasteiger partial charge on any atom is 0.223 e. The third-order valence-corrected chi connectivity index (χ3v) is 3.07. The van der Waals surface area contributed by atoms with Gasteiger partial charge in [0.1, 0.15) is 0 Å². The van der Waals surface area contributed by atoms with Crippen molar-refractivity contribution in [2.75, 3.05) is 12.3 Å². The lowest BCUT2D eigenvalue weighted by molar-refractivity contribution is 1.35. The summed E-state index contributed by atoms with van der Waals surface area (Å²) in [6, 6.07) is 5.39. The average molecular weight is 232 g/mol. The summed E-state index contributed by atoms with van der Waals surface area (Å²) in [7, 11) is 0. The van der Waals surface area contributed by atoms with Gasteiger partial charge in [0.15, 0.2) is 0 Å². The van der Waals surface area contributed by atoms with Crippen molar-refractivity contribution in [3.05, 3.63) is 39.7 Å². The molecule has 4 heteroatoms. The standard InChI is InChI=1S/C9H7Cl2NS/c1-12-4-5-13-9-3-2-7(10)6-8(9)11/h2-3,6H,4-5H2. The number of benzene rings is 1. The molecule has 1 aromatic carbocycles. The van der Waals surface area contributed by atoms with Crippen LogP contribution in [-0.2, 0) is 0 Å². The molecule has 0 aliphatic rings. The number of thioether (sulfide) groups is 1. The quantitative estimate of drug-likeness (QED) is 0.433. The van der Waals surface area contributed by atoms with Crippen molar-refractivity contribution < 1.29 is 0 Å². The summed E-state index contributed by atoms with van der Waals surface area (Å²) in [6.45, 7) is 7.13. The van der Waals surface area contributed by atoms with Crippen molar-refractivity contribution in [1.82, 2.24) is 0 Å². The zero-order chi connectivity index (χ0) is 9.68. The summed E-state index contributed by atoms with van der Waals surface area (Å²) in [5.74, 6) is 0.769. The highest BCUT2D eigenvalue weighted by molar-refractivity contribution is 7.99. The molecule has 0 bridgehead atoms. The Balaban J connectivity index is 2.62. The van der Waals surface area contributed by atoms with E-state index in [-0.39, 0.29) is 0 Å². The van der Waals surface area contributed by atoms with Crippen molar-refractivity contribution in [1.29, 1.82) is 0 Å². The summed E-state index contributed by atoms with van der Waals surface area (Å²) >= 11 is 13.2. The lowest BCUT2D eigenvalue weighted by Gasteiger charge is -2.01. The van der Waals surface area contributed by atoms with Gasteiger partial charge in [-0.25, -0.2) is 6.57 Å². The molecule has 0 amide bonds. The largest absolute Gasteiger partial charge is 0.316 e. The van der Waals surface area contributed by atoms with Crippen LogP contribution in [0.25, 0.3) is 4.85 Å². The van der Waals surface area contributed by atoms with Crippen LogP contribution in [0.3, 0.4) is 0 Å². The topological polar surface area (TPSA) is 4.36 Å². The normalized spacial score (nSPS) is 9.62. The Hall–Kier alpha value is -0.360. The molecule has 0 aromatic heterocycles. The van der Waals surface area contributed by atoms with Gasteiger partial charge < -0.3 is 4.85 Å². The highest BCUT2D eigenvalue weighted by atomic mass is 35.5. The fourth-order valence-corrected chi connectivity index (χ4v) is 2.13. The highest BCUT2D eigenvalue weighted by Gasteiger charge is 2.01. The van der Waals surface area contributed by atoms with Crippen molar-refractivity contribution in [3.63, 3.8) is 0 Å². The van der Waals surface area contributed by atoms with Gasteiger partial charge in [0, 0.05) is 9.92 Å². The van der Waals surface area contributed by atoms with E-state index in [2.05, 4.69) is 4.85 Å². The van der Waals surface area contributed by atoms with Crippen molar-refractivity contribution >= 4 is 35.0 Å². The zero-order valence-electron chi connectivity index (χ0n) is 6.76. The number of halogens is 2. The first-order valence-corrected chi connectivity index (χ1v) is 5.39. The van der Waals surface area contributed by atoms with Crippen LogP contribution in [0.4, 0.5) is 0 Å². The molecule has 0 fully saturated rings. The first kappa shape index (κ1) is 10.7. The molecule has 0 aliphatic carbocycles. The summed E-state index contributed by atoms with van der Waals surface area (Å²) in [5.41, 5.74) is 0. The summed E-state index contributed by atoms with van der Waals surface area (Å²) in [5, 5.41) is 1.29. The molecule has 0 spiro atoms. The maximum absolute atomic E-state index is 6.61. The predicted octanol–water partition coefficient (Wildman–Crippen LogP) is 4.00. The molecule has 13 heavy (non-hydrogen) atoms. The smallest absolute Gasteiger partial charge is 0.223 e. The lowest BCUT2D eigenvalue weighted by Crippen LogP contribution is -1.82. The third-order valence-electron chi connectivity index (χ3n) is 1.35. The third kappa shape index (κ3) is 3.48. The van der Waals surface area contributed by atoms with Gasteiger partial charge in [-0.05, 0) is 18.2 Å². The molecule has 0 heterocycles. The molecule has 0 saturated heterocycles. The van der Waals surface area contributed by atoms with Gasteiger partial charge in [-0.3, -0.25) is 0 Å². The summed E-state index contributed by atoms with van der Waals surface area (Å²) in [6.07, 6.45) is 0. The Kier molecular flexibility index (Phi) is 4.44. The Bertz CT molecular complexity index is 333. The SMILES string of the molecule is [C-]#[N+]CCSc1ccc(Cl)cc1Cl. The first-order valence-electron chi connectivity index (χ1n) is 3.65. The van der Waals surface area contributed by atoms with Crippen molar-refractivity contribution in [2.45, 2.75) is 4.90 Å². The summed E-state index contributed by atoms with van der Waals surface area (Å²) < 4.78 is 0. The minimum atomic E-state index is 0.517. The number of nitrogens with zero attached hydrogens (tertiary/aromatic N) is 1. The number of rotatable bonds is 3. The van der Waals surface area contributed by atoms with E-state index >= 15 is 0 Å². The minimum absolute atomic E-state index is 0.517. The van der Waals surface area contributed by atoms with Crippen LogP contribution in [0, 0.1) is 6.57 Å². The van der Waals surface area contributed by atoms with Gasteiger partial charge in [-0.15, -0.1) is 11.8 Å². The second-order valence-electron chi connectivity index (χ2n) is 2.30. The first-order chi connectivity index (χ1) is 6.24. The van der Waals surface area contributed by atoms with Crippen LogP contribution in [-0.4, -0.2) is 12.3 Å². The molecule has 0 unspecified atom stereocenters. The number of hydrogen-bond donors (Lipinski definition) is 0. The highest BCUT2D eigenvalue weighted by Crippen LogP contribution is 2.29. The molecular weight excluding hydrogens is 225 g/mol. The Labute approximate surface area is 91.9 Å². The van der Waals surface area contributed by atoms with E-state index in [1.54, 1.807) is 23.9 Å². The molecule has 1 rings (SSSR count). The number of hydrogen-bond acceptors (Lipinski definition) is 1. The average Bonchev–Trinajstić information content (AvgIpc) is 2.09. The van der Waals surface area contributed by atoms with Crippen LogP contribution >= 0.6 is 35.0 Å². The Morgan fingerprint density at radius 3 is 2.77 bits per heavy atom. The molecular formula is C9H7Cl2NS. The zero-order valence-corrected chi connectivity index (χ0v) is 9.09. The lowest BCUT2D eigenvalue weighted by atomic mass is 10.4. The molecule has 0 atom stereocenters. The molecule has 1 nitrogen and oxygen atoms in total. The van der Waals surface area contributed by atoms with E-state index in [1.807, 2.05) is 6.07 Å². The maximum atomic E-state index is 6.61. The minimum Gasteiger partial charge on any atom is -0.316 e. The van der Waals surface area contributed by atoms with E-state index in [1.165, 1.54) is 0 Å². The molecule has 0 radical (unpaired) electrons. The van der Waals surface area contributed by atoms with Crippen LogP contribution in [0.2, 0.25) is 10.0 Å². The van der Waals surface area contributed by atoms with Crippen molar-refractivity contribution in [3.8, 4) is 0 Å². The Morgan fingerprint density at radius 1 is 1.38 bits per heavy atom. The molecule has 68 valence electrons. The fraction of sp³-hybridized carbons (Fsp3) is 0.222. The van der Waals surface area contributed by atoms with Gasteiger partial charge >= 0.3 is 0 Å². The molecule has 0 saturated carbocycles. The predicted molar refractivity (Wildman–Crippen MR) is 58.7 cm³/mol. The van der Waals surface area contributed by atoms with E-state index < -0.39 is 0 Å². The van der Waals surface area contributed by atoms with Crippen LogP contribution in [0.5, 0.6) is 0 Å². The molecule has 1 aromatic rings. The van der Waals surface area contributed by atoms with Crippen molar-refractivity contribution in [2.24, 2.45) is 0 Å². The van der Waals surface area contributed by atoms with Crippen LogP contribution in [0.15, 0.2) is 23.1 Å². The monoisotopic (exact) mass is 231 g/mol.